The van der Waals surface area contributed by atoms with Crippen LogP contribution in [0.1, 0.15) is 36.8 Å². The number of aryl methyl sites for hydroxylation is 2. The van der Waals surface area contributed by atoms with E-state index in [1.807, 2.05) is 11.3 Å². The van der Waals surface area contributed by atoms with Crippen molar-refractivity contribution in [1.82, 2.24) is 19.6 Å². The molecule has 0 radical (unpaired) electrons. The van der Waals surface area contributed by atoms with E-state index in [1.54, 1.807) is 6.33 Å². The molecule has 0 spiro atoms. The normalized spacial score (nSPS) is 13.3. The zero-order valence-corrected chi connectivity index (χ0v) is 11.4. The number of rotatable bonds is 2. The predicted octanol–water partition coefficient (Wildman–Crippen LogP) is 2.17. The number of hydrogen-bond acceptors (Lipinski definition) is 4. The molecule has 98 valence electrons. The molecule has 3 rings (SSSR count). The van der Waals surface area contributed by atoms with E-state index < -0.39 is 0 Å². The Morgan fingerprint density at radius 2 is 2.16 bits per heavy atom. The molecular formula is C14H17N5. The van der Waals surface area contributed by atoms with Crippen LogP contribution >= 0.6 is 0 Å². The summed E-state index contributed by atoms with van der Waals surface area (Å²) < 4.78 is 1.95. The van der Waals surface area contributed by atoms with Crippen molar-refractivity contribution in [3.8, 4) is 0 Å². The Morgan fingerprint density at radius 3 is 2.84 bits per heavy atom. The lowest BCUT2D eigenvalue weighted by atomic mass is 10.0. The minimum atomic E-state index is -0.0509. The van der Waals surface area contributed by atoms with Gasteiger partial charge in [0.1, 0.15) is 12.2 Å². The van der Waals surface area contributed by atoms with Crippen molar-refractivity contribution in [2.75, 3.05) is 0 Å². The molecule has 0 unspecified atom stereocenters. The van der Waals surface area contributed by atoms with Gasteiger partial charge in [-0.1, -0.05) is 13.0 Å². The average Bonchev–Trinajstić information content (AvgIpc) is 2.86. The smallest absolute Gasteiger partial charge is 0.171 e. The second-order valence-electron chi connectivity index (χ2n) is 4.95. The van der Waals surface area contributed by atoms with Crippen LogP contribution < -0.4 is 5.73 Å². The summed E-state index contributed by atoms with van der Waals surface area (Å²) in [6.07, 6.45) is 2.55. The number of nitrogens with two attached hydrogens (primary N) is 1. The molecule has 0 bridgehead atoms. The van der Waals surface area contributed by atoms with Gasteiger partial charge in [0, 0.05) is 17.8 Å². The lowest BCUT2D eigenvalue weighted by Crippen LogP contribution is -2.09. The highest BCUT2D eigenvalue weighted by molar-refractivity contribution is 5.94. The van der Waals surface area contributed by atoms with Gasteiger partial charge in [-0.05, 0) is 31.0 Å². The van der Waals surface area contributed by atoms with Gasteiger partial charge < -0.3 is 5.73 Å². The van der Waals surface area contributed by atoms with Gasteiger partial charge in [0.05, 0.1) is 5.52 Å². The maximum absolute atomic E-state index is 6.08. The average molecular weight is 255 g/mol. The van der Waals surface area contributed by atoms with Crippen molar-refractivity contribution < 1.29 is 0 Å². The third kappa shape index (κ3) is 1.77. The van der Waals surface area contributed by atoms with Crippen molar-refractivity contribution in [2.45, 2.75) is 33.2 Å². The van der Waals surface area contributed by atoms with Crippen molar-refractivity contribution in [3.05, 3.63) is 35.4 Å². The second-order valence-corrected chi connectivity index (χ2v) is 4.95. The fourth-order valence-electron chi connectivity index (χ4n) is 2.49. The van der Waals surface area contributed by atoms with Gasteiger partial charge in [0.15, 0.2) is 5.65 Å². The summed E-state index contributed by atoms with van der Waals surface area (Å²) in [5, 5.41) is 9.25. The van der Waals surface area contributed by atoms with E-state index in [4.69, 9.17) is 10.7 Å². The van der Waals surface area contributed by atoms with Gasteiger partial charge in [-0.15, -0.1) is 10.2 Å². The molecule has 0 aliphatic carbocycles. The molecule has 0 saturated carbocycles. The molecule has 0 aliphatic heterocycles. The molecule has 5 heteroatoms. The molecule has 0 amide bonds. The zero-order chi connectivity index (χ0) is 13.6. The molecule has 5 nitrogen and oxygen atoms in total. The van der Waals surface area contributed by atoms with Gasteiger partial charge in [-0.25, -0.2) is 4.98 Å². The Labute approximate surface area is 111 Å². The van der Waals surface area contributed by atoms with Crippen molar-refractivity contribution in [3.63, 3.8) is 0 Å². The molecule has 2 aromatic heterocycles. The van der Waals surface area contributed by atoms with Crippen molar-refractivity contribution >= 4 is 16.6 Å². The van der Waals surface area contributed by atoms with Crippen LogP contribution in [-0.2, 0) is 6.42 Å². The molecule has 2 heterocycles. The summed E-state index contributed by atoms with van der Waals surface area (Å²) in [5.41, 5.74) is 10.1. The van der Waals surface area contributed by atoms with Crippen LogP contribution in [0.5, 0.6) is 0 Å². The highest BCUT2D eigenvalue weighted by Gasteiger charge is 2.14. The van der Waals surface area contributed by atoms with E-state index in [0.29, 0.717) is 0 Å². The molecule has 19 heavy (non-hydrogen) atoms. The third-order valence-electron chi connectivity index (χ3n) is 3.40. The molecule has 3 aromatic rings. The van der Waals surface area contributed by atoms with E-state index in [1.165, 1.54) is 0 Å². The largest absolute Gasteiger partial charge is 0.324 e. The minimum absolute atomic E-state index is 0.0509. The monoisotopic (exact) mass is 255 g/mol. The Morgan fingerprint density at radius 1 is 1.37 bits per heavy atom. The summed E-state index contributed by atoms with van der Waals surface area (Å²) in [7, 11) is 0. The summed E-state index contributed by atoms with van der Waals surface area (Å²) in [6, 6.07) is 4.15. The molecule has 0 saturated heterocycles. The number of fused-ring (bicyclic) bond motifs is 3. The first-order valence-electron chi connectivity index (χ1n) is 6.50. The van der Waals surface area contributed by atoms with Gasteiger partial charge in [0.25, 0.3) is 0 Å². The fraction of sp³-hybridized carbons (Fsp3) is 0.357. The van der Waals surface area contributed by atoms with Crippen LogP contribution in [0, 0.1) is 6.92 Å². The predicted molar refractivity (Wildman–Crippen MR) is 75.0 cm³/mol. The van der Waals surface area contributed by atoms with Crippen LogP contribution in [0.4, 0.5) is 0 Å². The number of aromatic nitrogens is 4. The summed E-state index contributed by atoms with van der Waals surface area (Å²) in [4.78, 5) is 4.76. The van der Waals surface area contributed by atoms with Crippen LogP contribution in [0.2, 0.25) is 0 Å². The quantitative estimate of drug-likeness (QED) is 0.762. The first kappa shape index (κ1) is 12.0. The summed E-state index contributed by atoms with van der Waals surface area (Å²) >= 11 is 0. The van der Waals surface area contributed by atoms with Crippen LogP contribution in [0.15, 0.2) is 18.5 Å². The summed E-state index contributed by atoms with van der Waals surface area (Å²) in [5.74, 6) is 0.957. The summed E-state index contributed by atoms with van der Waals surface area (Å²) in [6.45, 7) is 6.12. The van der Waals surface area contributed by atoms with Crippen molar-refractivity contribution in [1.29, 1.82) is 0 Å². The van der Waals surface area contributed by atoms with Crippen LogP contribution in [-0.4, -0.2) is 19.6 Å². The number of hydrogen-bond donors (Lipinski definition) is 1. The minimum Gasteiger partial charge on any atom is -0.324 e. The van der Waals surface area contributed by atoms with Gasteiger partial charge >= 0.3 is 0 Å². The van der Waals surface area contributed by atoms with Gasteiger partial charge in [0.2, 0.25) is 0 Å². The maximum atomic E-state index is 6.08. The van der Waals surface area contributed by atoms with Crippen LogP contribution in [0.25, 0.3) is 16.6 Å². The maximum Gasteiger partial charge on any atom is 0.171 e. The Bertz CT molecular complexity index is 757. The van der Waals surface area contributed by atoms with Crippen molar-refractivity contribution in [2.24, 2.45) is 5.73 Å². The zero-order valence-electron chi connectivity index (χ0n) is 11.4. The van der Waals surface area contributed by atoms with E-state index >= 15 is 0 Å². The van der Waals surface area contributed by atoms with E-state index in [-0.39, 0.29) is 6.04 Å². The molecule has 2 N–H and O–H groups in total. The third-order valence-corrected chi connectivity index (χ3v) is 3.40. The van der Waals surface area contributed by atoms with Crippen LogP contribution in [0.3, 0.4) is 0 Å². The Hall–Kier alpha value is -2.01. The SMILES string of the molecule is CCc1nc2c([C@@H](C)N)cc(C)cc2c2nncn12. The molecule has 0 aliphatic rings. The van der Waals surface area contributed by atoms with E-state index in [2.05, 4.69) is 36.2 Å². The lowest BCUT2D eigenvalue weighted by molar-refractivity contribution is 0.818. The fourth-order valence-corrected chi connectivity index (χ4v) is 2.49. The topological polar surface area (TPSA) is 69.1 Å². The lowest BCUT2D eigenvalue weighted by Gasteiger charge is -2.13. The Kier molecular flexibility index (Phi) is 2.71. The van der Waals surface area contributed by atoms with E-state index in [0.717, 1.165) is 39.9 Å². The molecule has 1 atom stereocenters. The number of benzene rings is 1. The first-order valence-corrected chi connectivity index (χ1v) is 6.50. The van der Waals surface area contributed by atoms with Gasteiger partial charge in [-0.2, -0.15) is 0 Å². The Balaban J connectivity index is 2.53. The van der Waals surface area contributed by atoms with Gasteiger partial charge in [-0.3, -0.25) is 4.40 Å². The highest BCUT2D eigenvalue weighted by atomic mass is 15.2. The molecule has 0 fully saturated rings. The molecule has 1 aromatic carbocycles. The second kappa shape index (κ2) is 4.28. The van der Waals surface area contributed by atoms with E-state index in [9.17, 15) is 0 Å². The standard InChI is InChI=1S/C14H17N5/c1-4-12-17-13-10(9(3)15)5-8(2)6-11(13)14-18-16-7-19(12)14/h5-7,9H,4,15H2,1-3H3/t9-/m1/s1. The first-order chi connectivity index (χ1) is 9.11. The highest BCUT2D eigenvalue weighted by Crippen LogP contribution is 2.26. The molecular weight excluding hydrogens is 238 g/mol. The number of nitrogens with zero attached hydrogens (tertiary/aromatic N) is 4.